The second-order valence-electron chi connectivity index (χ2n) is 7.11. The number of amides is 1. The fourth-order valence-electron chi connectivity index (χ4n) is 3.39. The van der Waals surface area contributed by atoms with E-state index in [1.807, 2.05) is 24.3 Å². The first-order chi connectivity index (χ1) is 14.7. The number of fused-ring (bicyclic) bond motifs is 1. The van der Waals surface area contributed by atoms with Gasteiger partial charge in [-0.3, -0.25) is 9.69 Å². The van der Waals surface area contributed by atoms with E-state index < -0.39 is 0 Å². The third-order valence-corrected chi connectivity index (χ3v) is 5.27. The Hall–Kier alpha value is -2.48. The van der Waals surface area contributed by atoms with Crippen molar-refractivity contribution < 1.29 is 23.7 Å². The van der Waals surface area contributed by atoms with E-state index >= 15 is 0 Å². The highest BCUT2D eigenvalue weighted by Gasteiger charge is 2.19. The molecular formula is C22H25ClN2O5. The summed E-state index contributed by atoms with van der Waals surface area (Å²) < 4.78 is 22.3. The van der Waals surface area contributed by atoms with Crippen molar-refractivity contribution in [2.45, 2.75) is 6.54 Å². The van der Waals surface area contributed by atoms with Crippen molar-refractivity contribution in [2.24, 2.45) is 0 Å². The predicted molar refractivity (Wildman–Crippen MR) is 113 cm³/mol. The first-order valence-electron chi connectivity index (χ1n) is 10.1. The van der Waals surface area contributed by atoms with Gasteiger partial charge in [0.2, 0.25) is 0 Å². The molecule has 0 radical (unpaired) electrons. The van der Waals surface area contributed by atoms with Gasteiger partial charge in [0.25, 0.3) is 5.91 Å². The maximum absolute atomic E-state index is 12.6. The molecular weight excluding hydrogens is 408 g/mol. The van der Waals surface area contributed by atoms with Gasteiger partial charge in [-0.1, -0.05) is 23.7 Å². The van der Waals surface area contributed by atoms with Gasteiger partial charge < -0.3 is 24.3 Å². The predicted octanol–water partition coefficient (Wildman–Crippen LogP) is 2.75. The van der Waals surface area contributed by atoms with E-state index in [0.717, 1.165) is 44.2 Å². The molecule has 7 nitrogen and oxygen atoms in total. The summed E-state index contributed by atoms with van der Waals surface area (Å²) in [6, 6.07) is 11.0. The standard InChI is InChI=1S/C22H25ClN2O5/c23-19-13-17(14-20-21(19)30-11-10-29-20)22(26)24-15-16-2-1-3-18(12-16)28-9-6-25-4-7-27-8-5-25/h1-3,12-14H,4-11,15H2,(H,24,26). The molecule has 1 N–H and O–H groups in total. The summed E-state index contributed by atoms with van der Waals surface area (Å²) in [6.45, 7) is 6.20. The Bertz CT molecular complexity index is 886. The summed E-state index contributed by atoms with van der Waals surface area (Å²) in [4.78, 5) is 14.9. The van der Waals surface area contributed by atoms with Gasteiger partial charge in [0, 0.05) is 31.7 Å². The third-order valence-electron chi connectivity index (χ3n) is 4.99. The molecule has 30 heavy (non-hydrogen) atoms. The molecule has 2 aromatic rings. The SMILES string of the molecule is O=C(NCc1cccc(OCCN2CCOCC2)c1)c1cc(Cl)c2c(c1)OCCO2. The van der Waals surface area contributed by atoms with Gasteiger partial charge in [-0.05, 0) is 29.8 Å². The molecule has 0 saturated carbocycles. The van der Waals surface area contributed by atoms with Crippen LogP contribution < -0.4 is 19.5 Å². The summed E-state index contributed by atoms with van der Waals surface area (Å²) in [5.74, 6) is 1.54. The molecule has 2 heterocycles. The minimum Gasteiger partial charge on any atom is -0.492 e. The van der Waals surface area contributed by atoms with Gasteiger partial charge >= 0.3 is 0 Å². The number of carbonyl (C=O) groups excluding carboxylic acids is 1. The number of morpholine rings is 1. The van der Waals surface area contributed by atoms with Crippen LogP contribution in [0.2, 0.25) is 5.02 Å². The molecule has 2 aromatic carbocycles. The molecule has 4 rings (SSSR count). The highest BCUT2D eigenvalue weighted by atomic mass is 35.5. The van der Waals surface area contributed by atoms with Gasteiger partial charge in [0.05, 0.1) is 18.2 Å². The average molecular weight is 433 g/mol. The summed E-state index contributed by atoms with van der Waals surface area (Å²) in [5.41, 5.74) is 1.39. The number of halogens is 1. The number of rotatable bonds is 7. The van der Waals surface area contributed by atoms with Crippen LogP contribution in [0.1, 0.15) is 15.9 Å². The van der Waals surface area contributed by atoms with Gasteiger partial charge in [0.1, 0.15) is 25.6 Å². The fraction of sp³-hybridized carbons (Fsp3) is 0.409. The molecule has 2 aliphatic rings. The Balaban J connectivity index is 1.30. The maximum atomic E-state index is 12.6. The molecule has 0 spiro atoms. The number of carbonyl (C=O) groups is 1. The monoisotopic (exact) mass is 432 g/mol. The second-order valence-corrected chi connectivity index (χ2v) is 7.52. The fourth-order valence-corrected chi connectivity index (χ4v) is 3.65. The molecule has 0 atom stereocenters. The first kappa shape index (κ1) is 20.8. The minimum absolute atomic E-state index is 0.229. The summed E-state index contributed by atoms with van der Waals surface area (Å²) in [6.07, 6.45) is 0. The zero-order chi connectivity index (χ0) is 20.8. The number of nitrogens with one attached hydrogen (secondary N) is 1. The molecule has 0 aliphatic carbocycles. The van der Waals surface area contributed by atoms with Crippen LogP contribution in [-0.4, -0.2) is 63.5 Å². The summed E-state index contributed by atoms with van der Waals surface area (Å²) in [5, 5.41) is 3.28. The Labute approximate surface area is 180 Å². The van der Waals surface area contributed by atoms with Gasteiger partial charge in [-0.15, -0.1) is 0 Å². The van der Waals surface area contributed by atoms with Crippen molar-refractivity contribution in [3.63, 3.8) is 0 Å². The maximum Gasteiger partial charge on any atom is 0.251 e. The zero-order valence-electron chi connectivity index (χ0n) is 16.7. The Morgan fingerprint density at radius 3 is 2.80 bits per heavy atom. The van der Waals surface area contributed by atoms with E-state index in [9.17, 15) is 4.79 Å². The van der Waals surface area contributed by atoms with Crippen molar-refractivity contribution >= 4 is 17.5 Å². The number of benzene rings is 2. The van der Waals surface area contributed by atoms with Crippen molar-refractivity contribution in [1.29, 1.82) is 0 Å². The van der Waals surface area contributed by atoms with Crippen LogP contribution in [0.15, 0.2) is 36.4 Å². The Kier molecular flexibility index (Phi) is 6.94. The van der Waals surface area contributed by atoms with E-state index in [1.165, 1.54) is 0 Å². The zero-order valence-corrected chi connectivity index (χ0v) is 17.5. The van der Waals surface area contributed by atoms with E-state index in [4.69, 9.17) is 30.5 Å². The molecule has 0 aromatic heterocycles. The third kappa shape index (κ3) is 5.36. The highest BCUT2D eigenvalue weighted by molar-refractivity contribution is 6.32. The lowest BCUT2D eigenvalue weighted by atomic mass is 10.1. The van der Waals surface area contributed by atoms with Crippen molar-refractivity contribution in [2.75, 3.05) is 52.7 Å². The van der Waals surface area contributed by atoms with Crippen LogP contribution in [0, 0.1) is 0 Å². The van der Waals surface area contributed by atoms with Crippen LogP contribution in [0.4, 0.5) is 0 Å². The molecule has 0 unspecified atom stereocenters. The van der Waals surface area contributed by atoms with Crippen LogP contribution >= 0.6 is 11.6 Å². The Morgan fingerprint density at radius 1 is 1.10 bits per heavy atom. The molecule has 0 bridgehead atoms. The largest absolute Gasteiger partial charge is 0.492 e. The molecule has 160 valence electrons. The van der Waals surface area contributed by atoms with Gasteiger partial charge in [-0.2, -0.15) is 0 Å². The smallest absolute Gasteiger partial charge is 0.251 e. The number of hydrogen-bond donors (Lipinski definition) is 1. The lowest BCUT2D eigenvalue weighted by Gasteiger charge is -2.26. The van der Waals surface area contributed by atoms with Crippen LogP contribution in [0.5, 0.6) is 17.2 Å². The molecule has 1 saturated heterocycles. The lowest BCUT2D eigenvalue weighted by molar-refractivity contribution is 0.0322. The summed E-state index contributed by atoms with van der Waals surface area (Å²) >= 11 is 6.22. The van der Waals surface area contributed by atoms with Gasteiger partial charge in [-0.25, -0.2) is 0 Å². The van der Waals surface area contributed by atoms with E-state index in [2.05, 4.69) is 10.2 Å². The van der Waals surface area contributed by atoms with Crippen molar-refractivity contribution in [1.82, 2.24) is 10.2 Å². The number of hydrogen-bond acceptors (Lipinski definition) is 6. The average Bonchev–Trinajstić information content (AvgIpc) is 2.78. The Morgan fingerprint density at radius 2 is 1.93 bits per heavy atom. The molecule has 1 amide bonds. The second kappa shape index (κ2) is 10.0. The molecule has 2 aliphatic heterocycles. The lowest BCUT2D eigenvalue weighted by Crippen LogP contribution is -2.38. The van der Waals surface area contributed by atoms with Crippen molar-refractivity contribution in [3.8, 4) is 17.2 Å². The van der Waals surface area contributed by atoms with Crippen LogP contribution in [0.25, 0.3) is 0 Å². The normalized spacial score (nSPS) is 16.2. The first-order valence-corrected chi connectivity index (χ1v) is 10.5. The quantitative estimate of drug-likeness (QED) is 0.725. The van der Waals surface area contributed by atoms with E-state index in [0.29, 0.717) is 48.5 Å². The number of ether oxygens (including phenoxy) is 4. The molecule has 1 fully saturated rings. The topological polar surface area (TPSA) is 69.3 Å². The number of nitrogens with zero attached hydrogens (tertiary/aromatic N) is 1. The van der Waals surface area contributed by atoms with Crippen molar-refractivity contribution in [3.05, 3.63) is 52.5 Å². The van der Waals surface area contributed by atoms with E-state index in [1.54, 1.807) is 12.1 Å². The summed E-state index contributed by atoms with van der Waals surface area (Å²) in [7, 11) is 0. The highest BCUT2D eigenvalue weighted by Crippen LogP contribution is 2.38. The minimum atomic E-state index is -0.229. The molecule has 8 heteroatoms. The van der Waals surface area contributed by atoms with E-state index in [-0.39, 0.29) is 5.91 Å². The van der Waals surface area contributed by atoms with Crippen LogP contribution in [-0.2, 0) is 11.3 Å². The van der Waals surface area contributed by atoms with Gasteiger partial charge in [0.15, 0.2) is 11.5 Å². The van der Waals surface area contributed by atoms with Crippen LogP contribution in [0.3, 0.4) is 0 Å².